The van der Waals surface area contributed by atoms with Gasteiger partial charge in [-0.2, -0.15) is 5.10 Å². The fourth-order valence-electron chi connectivity index (χ4n) is 2.55. The highest BCUT2D eigenvalue weighted by Crippen LogP contribution is 2.24. The van der Waals surface area contributed by atoms with E-state index in [1.807, 2.05) is 13.8 Å². The van der Waals surface area contributed by atoms with Gasteiger partial charge in [0.05, 0.1) is 17.3 Å². The van der Waals surface area contributed by atoms with Crippen molar-refractivity contribution >= 4 is 17.7 Å². The van der Waals surface area contributed by atoms with Crippen LogP contribution in [0.5, 0.6) is 0 Å². The number of anilines is 1. The molecule has 2 rings (SSSR count). The molecule has 1 aromatic rings. The van der Waals surface area contributed by atoms with Gasteiger partial charge in [-0.05, 0) is 12.3 Å². The number of carboxylic acids is 1. The molecular weight excluding hydrogens is 260 g/mol. The molecule has 110 valence electrons. The lowest BCUT2D eigenvalue weighted by atomic mass is 9.99. The van der Waals surface area contributed by atoms with E-state index < -0.39 is 11.9 Å². The predicted octanol–water partition coefficient (Wildman–Crippen LogP) is 1.17. The molecule has 2 heterocycles. The van der Waals surface area contributed by atoms with Gasteiger partial charge in [0.15, 0.2) is 0 Å². The molecule has 7 nitrogen and oxygen atoms in total. The van der Waals surface area contributed by atoms with Crippen molar-refractivity contribution in [1.82, 2.24) is 14.7 Å². The number of rotatable bonds is 3. The van der Waals surface area contributed by atoms with Crippen molar-refractivity contribution in [2.24, 2.45) is 18.9 Å². The molecule has 2 atom stereocenters. The first-order valence-corrected chi connectivity index (χ1v) is 6.73. The standard InChI is InChI=1S/C13H20N4O3/c1-4-10-11(7-16(3)15-10)14-13(20)17-5-8(2)9(6-17)12(18)19/h7-9H,4-6H2,1-3H3,(H,14,20)(H,18,19). The third kappa shape index (κ3) is 2.76. The minimum Gasteiger partial charge on any atom is -0.481 e. The highest BCUT2D eigenvalue weighted by atomic mass is 16.4. The molecule has 0 saturated carbocycles. The molecule has 0 aliphatic carbocycles. The number of likely N-dealkylation sites (tertiary alicyclic amines) is 1. The molecule has 1 aromatic heterocycles. The van der Waals surface area contributed by atoms with Crippen LogP contribution in [-0.4, -0.2) is 44.9 Å². The minimum atomic E-state index is -0.844. The summed E-state index contributed by atoms with van der Waals surface area (Å²) >= 11 is 0. The van der Waals surface area contributed by atoms with E-state index in [1.54, 1.807) is 22.8 Å². The smallest absolute Gasteiger partial charge is 0.321 e. The molecule has 2 N–H and O–H groups in total. The number of hydrogen-bond donors (Lipinski definition) is 2. The molecule has 1 aliphatic rings. The van der Waals surface area contributed by atoms with Crippen molar-refractivity contribution in [2.75, 3.05) is 18.4 Å². The first kappa shape index (κ1) is 14.4. The Morgan fingerprint density at radius 3 is 2.75 bits per heavy atom. The van der Waals surface area contributed by atoms with E-state index in [0.29, 0.717) is 12.2 Å². The largest absolute Gasteiger partial charge is 0.481 e. The van der Waals surface area contributed by atoms with Gasteiger partial charge in [0.25, 0.3) is 0 Å². The SMILES string of the molecule is CCc1nn(C)cc1NC(=O)N1CC(C)C(C(=O)O)C1. The summed E-state index contributed by atoms with van der Waals surface area (Å²) in [5.41, 5.74) is 1.51. The van der Waals surface area contributed by atoms with Gasteiger partial charge in [0.2, 0.25) is 0 Å². The Hall–Kier alpha value is -2.05. The van der Waals surface area contributed by atoms with E-state index in [-0.39, 0.29) is 18.5 Å². The molecule has 1 aliphatic heterocycles. The first-order valence-electron chi connectivity index (χ1n) is 6.73. The lowest BCUT2D eigenvalue weighted by Gasteiger charge is -2.16. The molecule has 0 spiro atoms. The van der Waals surface area contributed by atoms with Gasteiger partial charge in [0.1, 0.15) is 0 Å². The number of carbonyl (C=O) groups excluding carboxylic acids is 1. The number of aliphatic carboxylic acids is 1. The van der Waals surface area contributed by atoms with Crippen molar-refractivity contribution in [2.45, 2.75) is 20.3 Å². The van der Waals surface area contributed by atoms with Gasteiger partial charge < -0.3 is 15.3 Å². The zero-order valence-corrected chi connectivity index (χ0v) is 12.0. The number of urea groups is 1. The van der Waals surface area contributed by atoms with Crippen LogP contribution in [0.2, 0.25) is 0 Å². The molecule has 0 aromatic carbocycles. The summed E-state index contributed by atoms with van der Waals surface area (Å²) in [4.78, 5) is 24.8. The van der Waals surface area contributed by atoms with Crippen LogP contribution in [-0.2, 0) is 18.3 Å². The van der Waals surface area contributed by atoms with Crippen LogP contribution in [0.3, 0.4) is 0 Å². The maximum Gasteiger partial charge on any atom is 0.321 e. The van der Waals surface area contributed by atoms with Gasteiger partial charge in [-0.1, -0.05) is 13.8 Å². The maximum absolute atomic E-state index is 12.2. The number of aryl methyl sites for hydroxylation is 2. The summed E-state index contributed by atoms with van der Waals surface area (Å²) in [7, 11) is 1.80. The van der Waals surface area contributed by atoms with Crippen molar-refractivity contribution in [3.63, 3.8) is 0 Å². The monoisotopic (exact) mass is 280 g/mol. The third-order valence-electron chi connectivity index (χ3n) is 3.70. The Bertz CT molecular complexity index is 526. The normalized spacial score (nSPS) is 22.1. The summed E-state index contributed by atoms with van der Waals surface area (Å²) < 4.78 is 1.65. The zero-order chi connectivity index (χ0) is 14.9. The molecule has 1 saturated heterocycles. The van der Waals surface area contributed by atoms with Crippen LogP contribution in [0, 0.1) is 11.8 Å². The second kappa shape index (κ2) is 5.52. The molecule has 1 fully saturated rings. The molecule has 0 radical (unpaired) electrons. The highest BCUT2D eigenvalue weighted by Gasteiger charge is 2.37. The molecule has 20 heavy (non-hydrogen) atoms. The molecule has 7 heteroatoms. The topological polar surface area (TPSA) is 87.5 Å². The molecule has 2 unspecified atom stereocenters. The number of carboxylic acid groups (broad SMARTS) is 1. The number of hydrogen-bond acceptors (Lipinski definition) is 3. The summed E-state index contributed by atoms with van der Waals surface area (Å²) in [5, 5.41) is 16.2. The average molecular weight is 280 g/mol. The fourth-order valence-corrected chi connectivity index (χ4v) is 2.55. The van der Waals surface area contributed by atoms with Crippen molar-refractivity contribution < 1.29 is 14.7 Å². The van der Waals surface area contributed by atoms with E-state index in [0.717, 1.165) is 12.1 Å². The maximum atomic E-state index is 12.2. The highest BCUT2D eigenvalue weighted by molar-refractivity contribution is 5.90. The fraction of sp³-hybridized carbons (Fsp3) is 0.615. The van der Waals surface area contributed by atoms with Gasteiger partial charge in [-0.15, -0.1) is 0 Å². The quantitative estimate of drug-likeness (QED) is 0.870. The molecular formula is C13H20N4O3. The Labute approximate surface area is 117 Å². The number of nitrogens with zero attached hydrogens (tertiary/aromatic N) is 3. The van der Waals surface area contributed by atoms with Gasteiger partial charge in [-0.3, -0.25) is 9.48 Å². The Morgan fingerprint density at radius 2 is 2.20 bits per heavy atom. The Balaban J connectivity index is 2.04. The van der Waals surface area contributed by atoms with Crippen LogP contribution in [0.4, 0.5) is 10.5 Å². The van der Waals surface area contributed by atoms with E-state index >= 15 is 0 Å². The number of aromatic nitrogens is 2. The summed E-state index contributed by atoms with van der Waals surface area (Å²) in [6, 6.07) is -0.261. The Morgan fingerprint density at radius 1 is 1.50 bits per heavy atom. The van der Waals surface area contributed by atoms with Gasteiger partial charge in [0, 0.05) is 26.3 Å². The lowest BCUT2D eigenvalue weighted by Crippen LogP contribution is -2.34. The van der Waals surface area contributed by atoms with E-state index in [9.17, 15) is 9.59 Å². The average Bonchev–Trinajstić information content (AvgIpc) is 2.92. The molecule has 2 amide bonds. The van der Waals surface area contributed by atoms with E-state index in [2.05, 4.69) is 10.4 Å². The number of amides is 2. The molecule has 0 bridgehead atoms. The first-order chi connectivity index (χ1) is 9.42. The van der Waals surface area contributed by atoms with E-state index in [4.69, 9.17) is 5.11 Å². The predicted molar refractivity (Wildman–Crippen MR) is 73.5 cm³/mol. The van der Waals surface area contributed by atoms with E-state index in [1.165, 1.54) is 0 Å². The van der Waals surface area contributed by atoms with Crippen molar-refractivity contribution in [1.29, 1.82) is 0 Å². The van der Waals surface area contributed by atoms with Gasteiger partial charge in [-0.25, -0.2) is 4.79 Å². The van der Waals surface area contributed by atoms with Crippen LogP contribution < -0.4 is 5.32 Å². The third-order valence-corrected chi connectivity index (χ3v) is 3.70. The lowest BCUT2D eigenvalue weighted by molar-refractivity contribution is -0.142. The minimum absolute atomic E-state index is 0.0298. The second-order valence-corrected chi connectivity index (χ2v) is 5.27. The summed E-state index contributed by atoms with van der Waals surface area (Å²) in [5.74, 6) is -1.36. The van der Waals surface area contributed by atoms with Crippen molar-refractivity contribution in [3.8, 4) is 0 Å². The summed E-state index contributed by atoms with van der Waals surface area (Å²) in [6.07, 6.45) is 2.48. The van der Waals surface area contributed by atoms with Crippen LogP contribution >= 0.6 is 0 Å². The van der Waals surface area contributed by atoms with Crippen LogP contribution in [0.25, 0.3) is 0 Å². The summed E-state index contributed by atoms with van der Waals surface area (Å²) in [6.45, 7) is 4.54. The number of carbonyl (C=O) groups is 2. The zero-order valence-electron chi connectivity index (χ0n) is 12.0. The number of nitrogens with one attached hydrogen (secondary N) is 1. The van der Waals surface area contributed by atoms with Crippen LogP contribution in [0.1, 0.15) is 19.5 Å². The Kier molecular flexibility index (Phi) is 3.96. The second-order valence-electron chi connectivity index (χ2n) is 5.27. The van der Waals surface area contributed by atoms with Crippen molar-refractivity contribution in [3.05, 3.63) is 11.9 Å². The van der Waals surface area contributed by atoms with Crippen LogP contribution in [0.15, 0.2) is 6.20 Å². The van der Waals surface area contributed by atoms with Gasteiger partial charge >= 0.3 is 12.0 Å².